The van der Waals surface area contributed by atoms with Crippen molar-refractivity contribution < 1.29 is 9.47 Å². The third-order valence-corrected chi connectivity index (χ3v) is 3.21. The number of benzene rings is 1. The molecule has 0 heterocycles. The summed E-state index contributed by atoms with van der Waals surface area (Å²) in [5, 5.41) is 3.46. The van der Waals surface area contributed by atoms with Crippen LogP contribution < -0.4 is 14.8 Å². The van der Waals surface area contributed by atoms with Gasteiger partial charge in [0, 0.05) is 18.3 Å². The standard InChI is InChI=1S/C15H25NO2/c1-5-12(6-2)11-16-13-8-9-14(18-7-3)15(10-13)17-4/h8-10,12,16H,5-7,11H2,1-4H3. The van der Waals surface area contributed by atoms with Gasteiger partial charge in [0.15, 0.2) is 11.5 Å². The second-order valence-electron chi connectivity index (χ2n) is 4.36. The fraction of sp³-hybridized carbons (Fsp3) is 0.600. The maximum atomic E-state index is 5.50. The zero-order valence-corrected chi connectivity index (χ0v) is 12.0. The number of hydrogen-bond donors (Lipinski definition) is 1. The van der Waals surface area contributed by atoms with Crippen molar-refractivity contribution in [2.24, 2.45) is 5.92 Å². The van der Waals surface area contributed by atoms with Crippen molar-refractivity contribution in [2.75, 3.05) is 25.6 Å². The lowest BCUT2D eigenvalue weighted by atomic mass is 10.0. The van der Waals surface area contributed by atoms with Crippen LogP contribution in [0.1, 0.15) is 33.6 Å². The summed E-state index contributed by atoms with van der Waals surface area (Å²) in [5.41, 5.74) is 1.09. The number of hydrogen-bond acceptors (Lipinski definition) is 3. The molecule has 0 saturated carbocycles. The number of methoxy groups -OCH3 is 1. The van der Waals surface area contributed by atoms with Crippen LogP contribution in [0.2, 0.25) is 0 Å². The minimum atomic E-state index is 0.650. The lowest BCUT2D eigenvalue weighted by Crippen LogP contribution is -2.12. The Morgan fingerprint density at radius 3 is 2.39 bits per heavy atom. The zero-order valence-electron chi connectivity index (χ0n) is 12.0. The molecule has 0 bridgehead atoms. The van der Waals surface area contributed by atoms with E-state index in [-0.39, 0.29) is 0 Å². The van der Waals surface area contributed by atoms with Crippen molar-refractivity contribution in [3.8, 4) is 11.5 Å². The Morgan fingerprint density at radius 1 is 1.11 bits per heavy atom. The fourth-order valence-electron chi connectivity index (χ4n) is 1.89. The molecule has 102 valence electrons. The fourth-order valence-corrected chi connectivity index (χ4v) is 1.89. The van der Waals surface area contributed by atoms with E-state index in [4.69, 9.17) is 9.47 Å². The molecule has 0 atom stereocenters. The Bertz CT molecular complexity index is 348. The lowest BCUT2D eigenvalue weighted by molar-refractivity contribution is 0.311. The Balaban J connectivity index is 2.67. The molecule has 0 spiro atoms. The van der Waals surface area contributed by atoms with Crippen molar-refractivity contribution in [1.82, 2.24) is 0 Å². The normalized spacial score (nSPS) is 10.5. The molecule has 0 aromatic heterocycles. The summed E-state index contributed by atoms with van der Waals surface area (Å²) < 4.78 is 10.8. The van der Waals surface area contributed by atoms with Crippen molar-refractivity contribution in [2.45, 2.75) is 33.6 Å². The second-order valence-corrected chi connectivity index (χ2v) is 4.36. The van der Waals surface area contributed by atoms with Crippen molar-refractivity contribution in [1.29, 1.82) is 0 Å². The lowest BCUT2D eigenvalue weighted by Gasteiger charge is -2.16. The molecular formula is C15H25NO2. The Morgan fingerprint density at radius 2 is 1.83 bits per heavy atom. The maximum absolute atomic E-state index is 5.50. The highest BCUT2D eigenvalue weighted by atomic mass is 16.5. The minimum Gasteiger partial charge on any atom is -0.493 e. The number of anilines is 1. The number of ether oxygens (including phenoxy) is 2. The Labute approximate surface area is 110 Å². The molecule has 1 rings (SSSR count). The molecule has 0 aliphatic rings. The summed E-state index contributed by atoms with van der Waals surface area (Å²) in [5.74, 6) is 2.31. The van der Waals surface area contributed by atoms with Crippen LogP contribution in [0, 0.1) is 5.92 Å². The monoisotopic (exact) mass is 251 g/mol. The van der Waals surface area contributed by atoms with Crippen LogP contribution in [-0.2, 0) is 0 Å². The van der Waals surface area contributed by atoms with Crippen molar-refractivity contribution >= 4 is 5.69 Å². The van der Waals surface area contributed by atoms with E-state index in [0.717, 1.165) is 29.6 Å². The Hall–Kier alpha value is -1.38. The molecule has 0 radical (unpaired) electrons. The van der Waals surface area contributed by atoms with E-state index in [9.17, 15) is 0 Å². The first-order valence-electron chi connectivity index (χ1n) is 6.79. The molecule has 0 aliphatic carbocycles. The van der Waals surface area contributed by atoms with Gasteiger partial charge in [-0.1, -0.05) is 26.7 Å². The van der Waals surface area contributed by atoms with Crippen LogP contribution in [0.4, 0.5) is 5.69 Å². The van der Waals surface area contributed by atoms with Crippen LogP contribution >= 0.6 is 0 Å². The highest BCUT2D eigenvalue weighted by Crippen LogP contribution is 2.30. The van der Waals surface area contributed by atoms with E-state index in [2.05, 4.69) is 19.2 Å². The molecule has 0 amide bonds. The summed E-state index contributed by atoms with van der Waals surface area (Å²) in [6, 6.07) is 5.99. The summed E-state index contributed by atoms with van der Waals surface area (Å²) in [6.45, 7) is 8.09. The minimum absolute atomic E-state index is 0.650. The maximum Gasteiger partial charge on any atom is 0.162 e. The zero-order chi connectivity index (χ0) is 13.4. The van der Waals surface area contributed by atoms with E-state index in [1.165, 1.54) is 12.8 Å². The molecule has 1 aromatic rings. The van der Waals surface area contributed by atoms with E-state index in [1.54, 1.807) is 7.11 Å². The first kappa shape index (κ1) is 14.7. The van der Waals surface area contributed by atoms with Crippen molar-refractivity contribution in [3.05, 3.63) is 18.2 Å². The highest BCUT2D eigenvalue weighted by molar-refractivity contribution is 5.54. The third kappa shape index (κ3) is 4.13. The SMILES string of the molecule is CCOc1ccc(NCC(CC)CC)cc1OC. The first-order valence-corrected chi connectivity index (χ1v) is 6.79. The van der Waals surface area contributed by atoms with Gasteiger partial charge in [-0.2, -0.15) is 0 Å². The van der Waals surface area contributed by atoms with E-state index in [1.807, 2.05) is 25.1 Å². The van der Waals surface area contributed by atoms with E-state index < -0.39 is 0 Å². The summed E-state index contributed by atoms with van der Waals surface area (Å²) in [7, 11) is 1.67. The number of rotatable bonds is 8. The largest absolute Gasteiger partial charge is 0.493 e. The average molecular weight is 251 g/mol. The topological polar surface area (TPSA) is 30.5 Å². The van der Waals surface area contributed by atoms with Crippen LogP contribution in [-0.4, -0.2) is 20.3 Å². The highest BCUT2D eigenvalue weighted by Gasteiger charge is 2.07. The molecule has 18 heavy (non-hydrogen) atoms. The van der Waals surface area contributed by atoms with Gasteiger partial charge in [0.25, 0.3) is 0 Å². The van der Waals surface area contributed by atoms with Gasteiger partial charge in [-0.05, 0) is 25.0 Å². The molecular weight excluding hydrogens is 226 g/mol. The summed E-state index contributed by atoms with van der Waals surface area (Å²) in [6.07, 6.45) is 2.41. The van der Waals surface area contributed by atoms with Crippen LogP contribution in [0.5, 0.6) is 11.5 Å². The quantitative estimate of drug-likeness (QED) is 0.759. The van der Waals surface area contributed by atoms with Gasteiger partial charge in [0.2, 0.25) is 0 Å². The number of nitrogens with one attached hydrogen (secondary N) is 1. The second kappa shape index (κ2) is 7.85. The van der Waals surface area contributed by atoms with Gasteiger partial charge < -0.3 is 14.8 Å². The van der Waals surface area contributed by atoms with Crippen molar-refractivity contribution in [3.63, 3.8) is 0 Å². The smallest absolute Gasteiger partial charge is 0.162 e. The first-order chi connectivity index (χ1) is 8.74. The van der Waals surface area contributed by atoms with Crippen LogP contribution in [0.3, 0.4) is 0 Å². The van der Waals surface area contributed by atoms with Crippen LogP contribution in [0.25, 0.3) is 0 Å². The molecule has 3 nitrogen and oxygen atoms in total. The summed E-state index contributed by atoms with van der Waals surface area (Å²) in [4.78, 5) is 0. The van der Waals surface area contributed by atoms with Gasteiger partial charge in [0.1, 0.15) is 0 Å². The van der Waals surface area contributed by atoms with Gasteiger partial charge in [-0.15, -0.1) is 0 Å². The molecule has 0 saturated heterocycles. The molecule has 0 fully saturated rings. The summed E-state index contributed by atoms with van der Waals surface area (Å²) >= 11 is 0. The third-order valence-electron chi connectivity index (χ3n) is 3.21. The van der Waals surface area contributed by atoms with E-state index in [0.29, 0.717) is 6.61 Å². The van der Waals surface area contributed by atoms with Gasteiger partial charge in [0.05, 0.1) is 13.7 Å². The van der Waals surface area contributed by atoms with Crippen LogP contribution in [0.15, 0.2) is 18.2 Å². The average Bonchev–Trinajstić information content (AvgIpc) is 2.41. The van der Waals surface area contributed by atoms with E-state index >= 15 is 0 Å². The molecule has 1 aromatic carbocycles. The molecule has 1 N–H and O–H groups in total. The molecule has 3 heteroatoms. The van der Waals surface area contributed by atoms with Gasteiger partial charge in [-0.25, -0.2) is 0 Å². The molecule has 0 aliphatic heterocycles. The Kier molecular flexibility index (Phi) is 6.40. The molecule has 0 unspecified atom stereocenters. The van der Waals surface area contributed by atoms with Gasteiger partial charge >= 0.3 is 0 Å². The van der Waals surface area contributed by atoms with Gasteiger partial charge in [-0.3, -0.25) is 0 Å². The predicted octanol–water partition coefficient (Wildman–Crippen LogP) is 3.94. The predicted molar refractivity (Wildman–Crippen MR) is 76.7 cm³/mol.